The molecule has 1 aromatic rings. The van der Waals surface area contributed by atoms with Crippen LogP contribution in [0.1, 0.15) is 6.42 Å². The van der Waals surface area contributed by atoms with Crippen LogP contribution in [0.15, 0.2) is 24.3 Å². The summed E-state index contributed by atoms with van der Waals surface area (Å²) in [5.74, 6) is 0.223. The standard InChI is InChI=1S/C11H15FN2O/c12-7-11(13)5-6-14(8-11)9-3-1-2-4-10(9)15/h1-4,15H,5-8,13H2. The Hall–Kier alpha value is -1.29. The van der Waals surface area contributed by atoms with Crippen molar-refractivity contribution in [3.63, 3.8) is 0 Å². The van der Waals surface area contributed by atoms with Gasteiger partial charge < -0.3 is 15.7 Å². The molecule has 1 atom stereocenters. The highest BCUT2D eigenvalue weighted by molar-refractivity contribution is 5.58. The van der Waals surface area contributed by atoms with Crippen molar-refractivity contribution in [3.05, 3.63) is 24.3 Å². The quantitative estimate of drug-likeness (QED) is 0.772. The molecule has 1 fully saturated rings. The third-order valence-electron chi connectivity index (χ3n) is 2.87. The van der Waals surface area contributed by atoms with Gasteiger partial charge in [-0.25, -0.2) is 4.39 Å². The Labute approximate surface area is 88.3 Å². The minimum atomic E-state index is -0.748. The van der Waals surface area contributed by atoms with Crippen molar-refractivity contribution in [2.45, 2.75) is 12.0 Å². The van der Waals surface area contributed by atoms with Gasteiger partial charge in [0.05, 0.1) is 11.2 Å². The molecule has 1 aliphatic rings. The summed E-state index contributed by atoms with van der Waals surface area (Å²) in [6, 6.07) is 7.06. The molecule has 0 amide bonds. The lowest BCUT2D eigenvalue weighted by molar-refractivity contribution is 0.330. The zero-order valence-electron chi connectivity index (χ0n) is 8.49. The van der Waals surface area contributed by atoms with E-state index in [0.717, 1.165) is 5.69 Å². The van der Waals surface area contributed by atoms with Crippen molar-refractivity contribution in [2.75, 3.05) is 24.7 Å². The first-order valence-corrected chi connectivity index (χ1v) is 5.02. The smallest absolute Gasteiger partial charge is 0.138 e. The van der Waals surface area contributed by atoms with Gasteiger partial charge in [-0.3, -0.25) is 0 Å². The minimum Gasteiger partial charge on any atom is -0.506 e. The molecular weight excluding hydrogens is 195 g/mol. The maximum absolute atomic E-state index is 12.7. The third-order valence-corrected chi connectivity index (χ3v) is 2.87. The number of para-hydroxylation sites is 2. The molecule has 1 heterocycles. The summed E-state index contributed by atoms with van der Waals surface area (Å²) in [6.07, 6.45) is 0.623. The van der Waals surface area contributed by atoms with Crippen LogP contribution >= 0.6 is 0 Å². The molecule has 2 rings (SSSR count). The van der Waals surface area contributed by atoms with Crippen LogP contribution in [0.5, 0.6) is 5.75 Å². The molecule has 1 unspecified atom stereocenters. The van der Waals surface area contributed by atoms with Gasteiger partial charge in [-0.15, -0.1) is 0 Å². The number of aromatic hydroxyl groups is 1. The highest BCUT2D eigenvalue weighted by Gasteiger charge is 2.35. The van der Waals surface area contributed by atoms with Gasteiger partial charge in [-0.1, -0.05) is 12.1 Å². The van der Waals surface area contributed by atoms with Crippen LogP contribution in [0.2, 0.25) is 0 Å². The Kier molecular flexibility index (Phi) is 2.52. The van der Waals surface area contributed by atoms with Crippen LogP contribution in [0, 0.1) is 0 Å². The van der Waals surface area contributed by atoms with Gasteiger partial charge in [0.15, 0.2) is 0 Å². The van der Waals surface area contributed by atoms with Crippen molar-refractivity contribution in [1.29, 1.82) is 0 Å². The lowest BCUT2D eigenvalue weighted by atomic mass is 10.0. The van der Waals surface area contributed by atoms with Crippen molar-refractivity contribution in [3.8, 4) is 5.75 Å². The molecule has 3 N–H and O–H groups in total. The average molecular weight is 210 g/mol. The summed E-state index contributed by atoms with van der Waals surface area (Å²) in [5, 5.41) is 9.64. The molecule has 15 heavy (non-hydrogen) atoms. The number of rotatable bonds is 2. The number of nitrogens with zero attached hydrogens (tertiary/aromatic N) is 1. The number of hydrogen-bond acceptors (Lipinski definition) is 3. The molecule has 4 heteroatoms. The number of phenols is 1. The Morgan fingerprint density at radius 3 is 2.80 bits per heavy atom. The summed E-state index contributed by atoms with van der Waals surface area (Å²) in [4.78, 5) is 1.93. The van der Waals surface area contributed by atoms with E-state index in [9.17, 15) is 9.50 Å². The van der Waals surface area contributed by atoms with E-state index in [1.807, 2.05) is 17.0 Å². The van der Waals surface area contributed by atoms with Crippen LogP contribution in [-0.2, 0) is 0 Å². The van der Waals surface area contributed by atoms with E-state index in [0.29, 0.717) is 19.5 Å². The van der Waals surface area contributed by atoms with E-state index in [1.165, 1.54) is 0 Å². The van der Waals surface area contributed by atoms with Crippen molar-refractivity contribution in [1.82, 2.24) is 0 Å². The number of phenolic OH excluding ortho intramolecular Hbond substituents is 1. The van der Waals surface area contributed by atoms with E-state index in [2.05, 4.69) is 0 Å². The predicted molar refractivity (Wildman–Crippen MR) is 57.8 cm³/mol. The highest BCUT2D eigenvalue weighted by atomic mass is 19.1. The van der Waals surface area contributed by atoms with E-state index in [4.69, 9.17) is 5.73 Å². The van der Waals surface area contributed by atoms with E-state index in [1.54, 1.807) is 12.1 Å². The Bertz CT molecular complexity index is 358. The van der Waals surface area contributed by atoms with Gasteiger partial charge in [0, 0.05) is 13.1 Å². The van der Waals surface area contributed by atoms with Crippen LogP contribution < -0.4 is 10.6 Å². The van der Waals surface area contributed by atoms with Gasteiger partial charge in [-0.2, -0.15) is 0 Å². The molecule has 82 valence electrons. The third kappa shape index (κ3) is 1.90. The van der Waals surface area contributed by atoms with Crippen molar-refractivity contribution >= 4 is 5.69 Å². The Morgan fingerprint density at radius 2 is 2.20 bits per heavy atom. The van der Waals surface area contributed by atoms with E-state index >= 15 is 0 Å². The first-order chi connectivity index (χ1) is 7.14. The van der Waals surface area contributed by atoms with Gasteiger partial charge in [0.1, 0.15) is 12.4 Å². The van der Waals surface area contributed by atoms with Gasteiger partial charge in [0.2, 0.25) is 0 Å². The van der Waals surface area contributed by atoms with Gasteiger partial charge in [0.25, 0.3) is 0 Å². The van der Waals surface area contributed by atoms with Crippen LogP contribution in [0.4, 0.5) is 10.1 Å². The molecular formula is C11H15FN2O. The monoisotopic (exact) mass is 210 g/mol. The number of halogens is 1. The summed E-state index contributed by atoms with van der Waals surface area (Å²) in [6.45, 7) is 0.635. The molecule has 0 spiro atoms. The Balaban J connectivity index is 2.18. The van der Waals surface area contributed by atoms with Crippen molar-refractivity contribution < 1.29 is 9.50 Å². The fraction of sp³-hybridized carbons (Fsp3) is 0.455. The van der Waals surface area contributed by atoms with Crippen LogP contribution in [0.25, 0.3) is 0 Å². The fourth-order valence-corrected chi connectivity index (χ4v) is 1.94. The van der Waals surface area contributed by atoms with Crippen LogP contribution in [-0.4, -0.2) is 30.4 Å². The molecule has 0 bridgehead atoms. The fourth-order valence-electron chi connectivity index (χ4n) is 1.94. The lowest BCUT2D eigenvalue weighted by Gasteiger charge is -2.23. The number of benzene rings is 1. The SMILES string of the molecule is NC1(CF)CCN(c2ccccc2O)C1. The van der Waals surface area contributed by atoms with E-state index in [-0.39, 0.29) is 5.75 Å². The minimum absolute atomic E-state index is 0.223. The summed E-state index contributed by atoms with van der Waals surface area (Å²) < 4.78 is 12.7. The van der Waals surface area contributed by atoms with E-state index < -0.39 is 12.2 Å². The Morgan fingerprint density at radius 1 is 1.47 bits per heavy atom. The molecule has 3 nitrogen and oxygen atoms in total. The lowest BCUT2D eigenvalue weighted by Crippen LogP contribution is -2.44. The molecule has 1 saturated heterocycles. The molecule has 0 radical (unpaired) electrons. The zero-order valence-corrected chi connectivity index (χ0v) is 8.49. The highest BCUT2D eigenvalue weighted by Crippen LogP contribution is 2.31. The average Bonchev–Trinajstić information content (AvgIpc) is 2.63. The number of nitrogens with two attached hydrogens (primary N) is 1. The largest absolute Gasteiger partial charge is 0.506 e. The number of alkyl halides is 1. The first kappa shape index (κ1) is 10.2. The molecule has 0 saturated carbocycles. The maximum Gasteiger partial charge on any atom is 0.138 e. The molecule has 0 aliphatic carbocycles. The molecule has 1 aromatic carbocycles. The van der Waals surface area contributed by atoms with Crippen molar-refractivity contribution in [2.24, 2.45) is 5.73 Å². The normalized spacial score (nSPS) is 25.9. The summed E-state index contributed by atoms with van der Waals surface area (Å²) in [5.41, 5.74) is 5.82. The zero-order chi connectivity index (χ0) is 10.9. The summed E-state index contributed by atoms with van der Waals surface area (Å²) in [7, 11) is 0. The molecule has 0 aromatic heterocycles. The maximum atomic E-state index is 12.7. The predicted octanol–water partition coefficient (Wildman–Crippen LogP) is 1.27. The summed E-state index contributed by atoms with van der Waals surface area (Å²) >= 11 is 0. The molecule has 1 aliphatic heterocycles. The second kappa shape index (κ2) is 3.70. The number of anilines is 1. The van der Waals surface area contributed by atoms with Gasteiger partial charge >= 0.3 is 0 Å². The second-order valence-electron chi connectivity index (χ2n) is 4.16. The van der Waals surface area contributed by atoms with Crippen LogP contribution in [0.3, 0.4) is 0 Å². The second-order valence-corrected chi connectivity index (χ2v) is 4.16. The topological polar surface area (TPSA) is 49.5 Å². The number of hydrogen-bond donors (Lipinski definition) is 2. The van der Waals surface area contributed by atoms with Gasteiger partial charge in [-0.05, 0) is 18.6 Å². The first-order valence-electron chi connectivity index (χ1n) is 5.02.